The molecule has 0 heterocycles. The molecule has 0 radical (unpaired) electrons. The van der Waals surface area contributed by atoms with Gasteiger partial charge in [-0.15, -0.1) is 0 Å². The molecule has 0 N–H and O–H groups in total. The van der Waals surface area contributed by atoms with Gasteiger partial charge in [0.15, 0.2) is 0 Å². The molecule has 0 aliphatic heterocycles. The number of hydrogen-bond acceptors (Lipinski definition) is 2. The van der Waals surface area contributed by atoms with E-state index in [-0.39, 0.29) is 12.1 Å². The Hall–Kier alpha value is -1.02. The summed E-state index contributed by atoms with van der Waals surface area (Å²) in [7, 11) is 0. The first-order valence-electron chi connectivity index (χ1n) is 5.56. The van der Waals surface area contributed by atoms with Crippen molar-refractivity contribution in [2.45, 2.75) is 39.2 Å². The third-order valence-electron chi connectivity index (χ3n) is 2.38. The Morgan fingerprint density at radius 1 is 1.44 bits per heavy atom. The second-order valence-corrected chi connectivity index (χ2v) is 4.17. The number of esters is 1. The zero-order valence-electron chi connectivity index (χ0n) is 9.70. The Bertz CT molecular complexity index is 350. The molecule has 1 aromatic rings. The van der Waals surface area contributed by atoms with E-state index in [9.17, 15) is 4.79 Å². The predicted octanol–water partition coefficient (Wildman–Crippen LogP) is 4.13. The standard InChI is InChI=1S/C13H17ClO2/c1-3-4-9-13(16-10(2)15)11-7-5-6-8-12(11)14/h5-8,13H,3-4,9H2,1-2H3. The number of carbonyl (C=O) groups is 1. The minimum atomic E-state index is -0.263. The Labute approximate surface area is 102 Å². The van der Waals surface area contributed by atoms with E-state index in [0.717, 1.165) is 24.8 Å². The van der Waals surface area contributed by atoms with Crippen LogP contribution in [0.5, 0.6) is 0 Å². The van der Waals surface area contributed by atoms with Crippen LogP contribution in [0.15, 0.2) is 24.3 Å². The summed E-state index contributed by atoms with van der Waals surface area (Å²) in [6, 6.07) is 7.51. The molecular weight excluding hydrogens is 224 g/mol. The maximum Gasteiger partial charge on any atom is 0.303 e. The van der Waals surface area contributed by atoms with Crippen LogP contribution < -0.4 is 0 Å². The summed E-state index contributed by atoms with van der Waals surface area (Å²) in [6.45, 7) is 3.53. The lowest BCUT2D eigenvalue weighted by atomic mass is 10.0. The number of halogens is 1. The maximum atomic E-state index is 11.0. The van der Waals surface area contributed by atoms with Crippen LogP contribution in [-0.2, 0) is 9.53 Å². The van der Waals surface area contributed by atoms with Crippen molar-refractivity contribution in [3.05, 3.63) is 34.9 Å². The zero-order valence-corrected chi connectivity index (χ0v) is 10.5. The third-order valence-corrected chi connectivity index (χ3v) is 2.72. The van der Waals surface area contributed by atoms with Gasteiger partial charge in [0.05, 0.1) is 0 Å². The molecule has 0 fully saturated rings. The van der Waals surface area contributed by atoms with Gasteiger partial charge in [0.1, 0.15) is 6.10 Å². The second kappa shape index (κ2) is 6.54. The van der Waals surface area contributed by atoms with Gasteiger partial charge in [-0.25, -0.2) is 0 Å². The van der Waals surface area contributed by atoms with Crippen molar-refractivity contribution in [3.8, 4) is 0 Å². The van der Waals surface area contributed by atoms with Crippen molar-refractivity contribution in [2.75, 3.05) is 0 Å². The topological polar surface area (TPSA) is 26.3 Å². The highest BCUT2D eigenvalue weighted by Gasteiger charge is 2.16. The number of benzene rings is 1. The second-order valence-electron chi connectivity index (χ2n) is 3.76. The Kier molecular flexibility index (Phi) is 5.33. The van der Waals surface area contributed by atoms with Crippen LogP contribution in [0.1, 0.15) is 44.8 Å². The van der Waals surface area contributed by atoms with Gasteiger partial charge >= 0.3 is 5.97 Å². The molecule has 0 amide bonds. The lowest BCUT2D eigenvalue weighted by Crippen LogP contribution is -2.09. The molecule has 0 aromatic heterocycles. The predicted molar refractivity (Wildman–Crippen MR) is 65.5 cm³/mol. The molecule has 0 saturated heterocycles. The molecule has 2 nitrogen and oxygen atoms in total. The maximum absolute atomic E-state index is 11.0. The summed E-state index contributed by atoms with van der Waals surface area (Å²) in [6.07, 6.45) is 2.69. The smallest absolute Gasteiger partial charge is 0.303 e. The Morgan fingerprint density at radius 3 is 2.69 bits per heavy atom. The molecule has 1 unspecified atom stereocenters. The first-order valence-corrected chi connectivity index (χ1v) is 5.94. The van der Waals surface area contributed by atoms with Crippen molar-refractivity contribution in [2.24, 2.45) is 0 Å². The highest BCUT2D eigenvalue weighted by molar-refractivity contribution is 6.31. The van der Waals surface area contributed by atoms with Gasteiger partial charge in [0, 0.05) is 17.5 Å². The van der Waals surface area contributed by atoms with Gasteiger partial charge in [0.25, 0.3) is 0 Å². The third kappa shape index (κ3) is 3.86. The highest BCUT2D eigenvalue weighted by Crippen LogP contribution is 2.29. The van der Waals surface area contributed by atoms with E-state index >= 15 is 0 Å². The lowest BCUT2D eigenvalue weighted by Gasteiger charge is -2.18. The molecule has 0 saturated carbocycles. The molecule has 1 atom stereocenters. The quantitative estimate of drug-likeness (QED) is 0.724. The molecule has 16 heavy (non-hydrogen) atoms. The van der Waals surface area contributed by atoms with Gasteiger partial charge in [-0.3, -0.25) is 4.79 Å². The van der Waals surface area contributed by atoms with Crippen molar-refractivity contribution in [3.63, 3.8) is 0 Å². The summed E-state index contributed by atoms with van der Waals surface area (Å²) in [5.41, 5.74) is 0.896. The van der Waals surface area contributed by atoms with E-state index in [4.69, 9.17) is 16.3 Å². The van der Waals surface area contributed by atoms with Crippen molar-refractivity contribution >= 4 is 17.6 Å². The van der Waals surface area contributed by atoms with Crippen LogP contribution in [-0.4, -0.2) is 5.97 Å². The molecule has 0 aliphatic rings. The molecule has 0 aliphatic carbocycles. The molecule has 3 heteroatoms. The van der Waals surface area contributed by atoms with E-state index < -0.39 is 0 Å². The number of rotatable bonds is 5. The normalized spacial score (nSPS) is 12.2. The Morgan fingerprint density at radius 2 is 2.12 bits per heavy atom. The van der Waals surface area contributed by atoms with Crippen LogP contribution in [0.3, 0.4) is 0 Å². The van der Waals surface area contributed by atoms with E-state index in [2.05, 4.69) is 6.92 Å². The van der Waals surface area contributed by atoms with E-state index in [1.54, 1.807) is 0 Å². The van der Waals surface area contributed by atoms with E-state index in [0.29, 0.717) is 5.02 Å². The molecule has 1 rings (SSSR count). The fourth-order valence-electron chi connectivity index (χ4n) is 1.60. The summed E-state index contributed by atoms with van der Waals surface area (Å²) in [5.74, 6) is -0.263. The van der Waals surface area contributed by atoms with E-state index in [1.807, 2.05) is 24.3 Å². The highest BCUT2D eigenvalue weighted by atomic mass is 35.5. The van der Waals surface area contributed by atoms with Crippen LogP contribution in [0, 0.1) is 0 Å². The first-order chi connectivity index (χ1) is 7.65. The summed E-state index contributed by atoms with van der Waals surface area (Å²) < 4.78 is 5.30. The lowest BCUT2D eigenvalue weighted by molar-refractivity contribution is -0.147. The van der Waals surface area contributed by atoms with Crippen LogP contribution in [0.2, 0.25) is 5.02 Å². The number of hydrogen-bond donors (Lipinski definition) is 0. The zero-order chi connectivity index (χ0) is 12.0. The van der Waals surface area contributed by atoms with Crippen molar-refractivity contribution in [1.82, 2.24) is 0 Å². The molecule has 1 aromatic carbocycles. The fraction of sp³-hybridized carbons (Fsp3) is 0.462. The van der Waals surface area contributed by atoms with Crippen LogP contribution in [0.4, 0.5) is 0 Å². The first kappa shape index (κ1) is 13.0. The van der Waals surface area contributed by atoms with Gasteiger partial charge in [0.2, 0.25) is 0 Å². The number of ether oxygens (including phenoxy) is 1. The van der Waals surface area contributed by atoms with Gasteiger partial charge in [-0.1, -0.05) is 43.1 Å². The minimum Gasteiger partial charge on any atom is -0.458 e. The Balaban J connectivity index is 2.82. The van der Waals surface area contributed by atoms with Crippen LogP contribution in [0.25, 0.3) is 0 Å². The molecule has 0 spiro atoms. The summed E-state index contributed by atoms with van der Waals surface area (Å²) in [5, 5.41) is 0.657. The SMILES string of the molecule is CCCCC(OC(C)=O)c1ccccc1Cl. The summed E-state index contributed by atoms with van der Waals surface area (Å²) >= 11 is 6.09. The van der Waals surface area contributed by atoms with Crippen molar-refractivity contribution < 1.29 is 9.53 Å². The number of carbonyl (C=O) groups excluding carboxylic acids is 1. The molecule has 0 bridgehead atoms. The van der Waals surface area contributed by atoms with Crippen LogP contribution >= 0.6 is 11.6 Å². The van der Waals surface area contributed by atoms with Gasteiger partial charge in [-0.05, 0) is 18.9 Å². The van der Waals surface area contributed by atoms with Gasteiger partial charge < -0.3 is 4.74 Å². The van der Waals surface area contributed by atoms with Crippen molar-refractivity contribution in [1.29, 1.82) is 0 Å². The average molecular weight is 241 g/mol. The van der Waals surface area contributed by atoms with Gasteiger partial charge in [-0.2, -0.15) is 0 Å². The number of unbranched alkanes of at least 4 members (excludes halogenated alkanes) is 1. The minimum absolute atomic E-state index is 0.217. The molecular formula is C13H17ClO2. The summed E-state index contributed by atoms with van der Waals surface area (Å²) in [4.78, 5) is 11.0. The fourth-order valence-corrected chi connectivity index (χ4v) is 1.86. The average Bonchev–Trinajstić information content (AvgIpc) is 2.24. The monoisotopic (exact) mass is 240 g/mol. The molecule has 88 valence electrons. The largest absolute Gasteiger partial charge is 0.458 e. The van der Waals surface area contributed by atoms with E-state index in [1.165, 1.54) is 6.92 Å².